The maximum Gasteiger partial charge on any atom is 0.243 e. The Hall–Kier alpha value is -0.230. The molecule has 1 saturated carbocycles. The molecule has 1 aliphatic carbocycles. The molecule has 1 aromatic rings. The topological polar surface area (TPSA) is 24.9 Å². The van der Waals surface area contributed by atoms with Gasteiger partial charge in [0.05, 0.1) is 9.98 Å². The van der Waals surface area contributed by atoms with Crippen LogP contribution in [-0.2, 0) is 0 Å². The third-order valence-electron chi connectivity index (χ3n) is 1.95. The second kappa shape index (κ2) is 3.49. The van der Waals surface area contributed by atoms with Crippen LogP contribution in [0.25, 0.3) is 0 Å². The number of anilines is 1. The van der Waals surface area contributed by atoms with Crippen LogP contribution in [0, 0.1) is 5.92 Å². The first-order valence-corrected chi connectivity index (χ1v) is 5.44. The van der Waals surface area contributed by atoms with Crippen molar-refractivity contribution in [3.8, 4) is 0 Å². The summed E-state index contributed by atoms with van der Waals surface area (Å²) in [5, 5.41) is 3.67. The van der Waals surface area contributed by atoms with E-state index in [0.29, 0.717) is 11.6 Å². The van der Waals surface area contributed by atoms with Crippen molar-refractivity contribution in [3.05, 3.63) is 9.98 Å². The second-order valence-electron chi connectivity index (χ2n) is 2.95. The number of aromatic nitrogens is 1. The number of thiazole rings is 1. The van der Waals surface area contributed by atoms with E-state index in [1.807, 2.05) is 0 Å². The number of hydrogen-bond acceptors (Lipinski definition) is 3. The molecule has 1 aromatic heterocycles. The summed E-state index contributed by atoms with van der Waals surface area (Å²) in [6, 6.07) is -0.0851. The summed E-state index contributed by atoms with van der Waals surface area (Å²) in [5.41, 5.74) is 0. The Morgan fingerprint density at radius 2 is 2.46 bits per heavy atom. The smallest absolute Gasteiger partial charge is 0.243 e. The second-order valence-corrected chi connectivity index (χ2v) is 5.36. The molecular formula is C7H7BrF2N2S. The van der Waals surface area contributed by atoms with Crippen LogP contribution in [0.4, 0.5) is 13.9 Å². The third-order valence-corrected chi connectivity index (χ3v) is 3.36. The van der Waals surface area contributed by atoms with E-state index in [2.05, 4.69) is 26.2 Å². The van der Waals surface area contributed by atoms with Gasteiger partial charge in [0.1, 0.15) is 0 Å². The molecule has 2 nitrogen and oxygen atoms in total. The van der Waals surface area contributed by atoms with Crippen molar-refractivity contribution in [1.29, 1.82) is 0 Å². The number of nitrogens with one attached hydrogen (secondary N) is 1. The summed E-state index contributed by atoms with van der Waals surface area (Å²) in [4.78, 5) is 4.01. The molecule has 0 aromatic carbocycles. The molecule has 1 N–H and O–H groups in total. The van der Waals surface area contributed by atoms with Crippen molar-refractivity contribution in [3.63, 3.8) is 0 Å². The molecule has 0 unspecified atom stereocenters. The van der Waals surface area contributed by atoms with Crippen molar-refractivity contribution in [2.24, 2.45) is 5.92 Å². The van der Waals surface area contributed by atoms with Gasteiger partial charge >= 0.3 is 0 Å². The van der Waals surface area contributed by atoms with E-state index >= 15 is 0 Å². The number of nitrogens with zero attached hydrogens (tertiary/aromatic N) is 1. The van der Waals surface area contributed by atoms with Gasteiger partial charge < -0.3 is 5.32 Å². The van der Waals surface area contributed by atoms with Crippen LogP contribution in [0.2, 0.25) is 0 Å². The maximum absolute atomic E-state index is 12.1. The highest BCUT2D eigenvalue weighted by Crippen LogP contribution is 2.39. The quantitative estimate of drug-likeness (QED) is 0.912. The summed E-state index contributed by atoms with van der Waals surface area (Å²) in [6.07, 6.45) is 0.00245. The van der Waals surface area contributed by atoms with E-state index in [4.69, 9.17) is 0 Å². The average Bonchev–Trinajstić information content (AvgIpc) is 2.69. The van der Waals surface area contributed by atoms with Gasteiger partial charge in [0, 0.05) is 12.0 Å². The molecule has 6 heteroatoms. The van der Waals surface area contributed by atoms with Crippen LogP contribution >= 0.6 is 27.3 Å². The predicted octanol–water partition coefficient (Wildman–Crippen LogP) is 2.97. The maximum atomic E-state index is 12.1. The molecule has 0 radical (unpaired) electrons. The van der Waals surface area contributed by atoms with Crippen LogP contribution < -0.4 is 5.32 Å². The molecule has 2 atom stereocenters. The highest BCUT2D eigenvalue weighted by atomic mass is 79.9. The minimum absolute atomic E-state index is 0.0851. The molecule has 0 amide bonds. The summed E-state index contributed by atoms with van der Waals surface area (Å²) in [5.74, 6) is -0.484. The van der Waals surface area contributed by atoms with Crippen molar-refractivity contribution < 1.29 is 8.78 Å². The van der Waals surface area contributed by atoms with Crippen LogP contribution in [-0.4, -0.2) is 17.5 Å². The van der Waals surface area contributed by atoms with Crippen molar-refractivity contribution in [1.82, 2.24) is 4.98 Å². The van der Waals surface area contributed by atoms with Gasteiger partial charge in [-0.05, 0) is 22.4 Å². The number of rotatable bonds is 3. The van der Waals surface area contributed by atoms with Gasteiger partial charge in [0.25, 0.3) is 0 Å². The van der Waals surface area contributed by atoms with E-state index in [1.54, 1.807) is 6.20 Å². The van der Waals surface area contributed by atoms with Gasteiger partial charge in [-0.15, -0.1) is 0 Å². The van der Waals surface area contributed by atoms with Crippen LogP contribution in [0.15, 0.2) is 9.98 Å². The van der Waals surface area contributed by atoms with Gasteiger partial charge in [-0.1, -0.05) is 11.3 Å². The molecule has 13 heavy (non-hydrogen) atoms. The molecule has 1 fully saturated rings. The minimum Gasteiger partial charge on any atom is -0.358 e. The number of alkyl halides is 2. The molecule has 1 heterocycles. The lowest BCUT2D eigenvalue weighted by Crippen LogP contribution is -2.08. The molecule has 1 aliphatic rings. The summed E-state index contributed by atoms with van der Waals surface area (Å²) >= 11 is 4.67. The summed E-state index contributed by atoms with van der Waals surface area (Å²) in [7, 11) is 0. The first-order valence-electron chi connectivity index (χ1n) is 3.83. The Bertz CT molecular complexity index is 304. The standard InChI is InChI=1S/C7H7BrF2N2S/c8-5-2-11-7(13-5)12-4-1-3(4)6(9)10/h2-4,6H,1H2,(H,11,12)/t3-,4-/m0/s1. The largest absolute Gasteiger partial charge is 0.358 e. The normalized spacial score (nSPS) is 26.5. The predicted molar refractivity (Wildman–Crippen MR) is 51.3 cm³/mol. The van der Waals surface area contributed by atoms with Crippen molar-refractivity contribution >= 4 is 32.4 Å². The monoisotopic (exact) mass is 268 g/mol. The highest BCUT2D eigenvalue weighted by Gasteiger charge is 2.44. The van der Waals surface area contributed by atoms with E-state index in [9.17, 15) is 8.78 Å². The summed E-state index contributed by atoms with van der Waals surface area (Å²) in [6.45, 7) is 0. The molecule has 2 rings (SSSR count). The molecule has 72 valence electrons. The Kier molecular flexibility index (Phi) is 2.51. The first kappa shape index (κ1) is 9.33. The fourth-order valence-corrected chi connectivity index (χ4v) is 2.31. The number of hydrogen-bond donors (Lipinski definition) is 1. The highest BCUT2D eigenvalue weighted by molar-refractivity contribution is 9.11. The van der Waals surface area contributed by atoms with Gasteiger partial charge in [-0.2, -0.15) is 0 Å². The van der Waals surface area contributed by atoms with Gasteiger partial charge in [-0.3, -0.25) is 0 Å². The lowest BCUT2D eigenvalue weighted by molar-refractivity contribution is 0.121. The molecule has 0 aliphatic heterocycles. The average molecular weight is 269 g/mol. The van der Waals surface area contributed by atoms with E-state index < -0.39 is 12.3 Å². The van der Waals surface area contributed by atoms with E-state index in [-0.39, 0.29) is 6.04 Å². The number of halogens is 3. The van der Waals surface area contributed by atoms with Gasteiger partial charge in [0.2, 0.25) is 6.43 Å². The Labute approximate surface area is 86.5 Å². The first-order chi connectivity index (χ1) is 6.16. The Morgan fingerprint density at radius 1 is 1.69 bits per heavy atom. The SMILES string of the molecule is FC(F)[C@H]1C[C@@H]1Nc1ncc(Br)s1. The van der Waals surface area contributed by atoms with E-state index in [0.717, 1.165) is 3.79 Å². The van der Waals surface area contributed by atoms with Crippen molar-refractivity contribution in [2.75, 3.05) is 5.32 Å². The Morgan fingerprint density at radius 3 is 2.92 bits per heavy atom. The van der Waals surface area contributed by atoms with Crippen LogP contribution in [0.3, 0.4) is 0 Å². The van der Waals surface area contributed by atoms with Gasteiger partial charge in [0.15, 0.2) is 5.13 Å². The van der Waals surface area contributed by atoms with Crippen molar-refractivity contribution in [2.45, 2.75) is 18.9 Å². The third kappa shape index (κ3) is 2.17. The zero-order valence-electron chi connectivity index (χ0n) is 6.51. The lowest BCUT2D eigenvalue weighted by Gasteiger charge is -1.99. The molecule has 0 bridgehead atoms. The van der Waals surface area contributed by atoms with Crippen LogP contribution in [0.1, 0.15) is 6.42 Å². The summed E-state index contributed by atoms with van der Waals surface area (Å²) < 4.78 is 25.1. The Balaban J connectivity index is 1.88. The lowest BCUT2D eigenvalue weighted by atomic mass is 10.4. The van der Waals surface area contributed by atoms with Crippen LogP contribution in [0.5, 0.6) is 0 Å². The fourth-order valence-electron chi connectivity index (χ4n) is 1.14. The minimum atomic E-state index is -2.21. The zero-order valence-corrected chi connectivity index (χ0v) is 8.91. The van der Waals surface area contributed by atoms with Gasteiger partial charge in [-0.25, -0.2) is 13.8 Å². The fraction of sp³-hybridized carbons (Fsp3) is 0.571. The molecular weight excluding hydrogens is 262 g/mol. The zero-order chi connectivity index (χ0) is 9.42. The molecule has 0 saturated heterocycles. The molecule has 0 spiro atoms. The van der Waals surface area contributed by atoms with E-state index in [1.165, 1.54) is 11.3 Å².